The summed E-state index contributed by atoms with van der Waals surface area (Å²) >= 11 is 3.38. The summed E-state index contributed by atoms with van der Waals surface area (Å²) in [5.74, 6) is -0.230. The van der Waals surface area contributed by atoms with Crippen LogP contribution >= 0.6 is 15.9 Å². The molecule has 0 aliphatic carbocycles. The van der Waals surface area contributed by atoms with Crippen molar-refractivity contribution in [1.29, 1.82) is 0 Å². The summed E-state index contributed by atoms with van der Waals surface area (Å²) in [6, 6.07) is 21.4. The molecule has 0 amide bonds. The first-order valence-electron chi connectivity index (χ1n) is 8.39. The van der Waals surface area contributed by atoms with Gasteiger partial charge in [-0.1, -0.05) is 57.9 Å². The van der Waals surface area contributed by atoms with E-state index in [-0.39, 0.29) is 17.6 Å². The second-order valence-corrected chi connectivity index (χ2v) is 7.16. The highest BCUT2D eigenvalue weighted by molar-refractivity contribution is 9.10. The van der Waals surface area contributed by atoms with Crippen molar-refractivity contribution in [2.75, 3.05) is 5.32 Å². The zero-order valence-electron chi connectivity index (χ0n) is 14.4. The molecule has 0 saturated heterocycles. The third kappa shape index (κ3) is 4.79. The van der Waals surface area contributed by atoms with E-state index in [2.05, 4.69) is 21.2 Å². The fourth-order valence-corrected chi connectivity index (χ4v) is 3.00. The van der Waals surface area contributed by atoms with Gasteiger partial charge < -0.3 is 5.32 Å². The van der Waals surface area contributed by atoms with E-state index in [0.29, 0.717) is 12.0 Å². The number of halogens is 2. The molecule has 2 nitrogen and oxygen atoms in total. The number of rotatable bonds is 6. The maximum absolute atomic E-state index is 13.2. The molecule has 0 aromatic heterocycles. The number of anilines is 1. The van der Waals surface area contributed by atoms with E-state index < -0.39 is 0 Å². The smallest absolute Gasteiger partial charge is 0.165 e. The number of hydrogen-bond donors (Lipinski definition) is 1. The minimum absolute atomic E-state index is 0.0534. The van der Waals surface area contributed by atoms with Crippen molar-refractivity contribution in [3.8, 4) is 0 Å². The van der Waals surface area contributed by atoms with Crippen molar-refractivity contribution in [2.45, 2.75) is 19.4 Å². The van der Waals surface area contributed by atoms with Crippen molar-refractivity contribution in [3.05, 3.63) is 99.8 Å². The summed E-state index contributed by atoms with van der Waals surface area (Å²) in [5.41, 5.74) is 3.63. The van der Waals surface area contributed by atoms with E-state index in [1.165, 1.54) is 12.1 Å². The fraction of sp³-hybridized carbons (Fsp3) is 0.136. The Bertz CT molecular complexity index is 874. The van der Waals surface area contributed by atoms with Gasteiger partial charge in [0.15, 0.2) is 5.78 Å². The molecule has 0 fully saturated rings. The topological polar surface area (TPSA) is 29.1 Å². The van der Waals surface area contributed by atoms with E-state index in [4.69, 9.17) is 0 Å². The molecule has 4 heteroatoms. The lowest BCUT2D eigenvalue weighted by Crippen LogP contribution is -2.16. The average Bonchev–Trinajstić information content (AvgIpc) is 2.64. The third-order valence-corrected chi connectivity index (χ3v) is 4.75. The van der Waals surface area contributed by atoms with Crippen LogP contribution in [-0.2, 0) is 0 Å². The first kappa shape index (κ1) is 18.3. The molecule has 1 atom stereocenters. The second-order valence-electron chi connectivity index (χ2n) is 6.25. The SMILES string of the molecule is Cc1ccc(C(CC(=O)c2ccc(Br)cc2)Nc2ccc(F)cc2)cc1. The maximum atomic E-state index is 13.2. The number of benzene rings is 3. The van der Waals surface area contributed by atoms with E-state index in [1.54, 1.807) is 12.1 Å². The Morgan fingerprint density at radius 3 is 2.19 bits per heavy atom. The van der Waals surface area contributed by atoms with Gasteiger partial charge in [-0.15, -0.1) is 0 Å². The van der Waals surface area contributed by atoms with Gasteiger partial charge in [0.2, 0.25) is 0 Å². The third-order valence-electron chi connectivity index (χ3n) is 4.22. The highest BCUT2D eigenvalue weighted by Crippen LogP contribution is 2.25. The Balaban J connectivity index is 1.84. The predicted octanol–water partition coefficient (Wildman–Crippen LogP) is 6.32. The first-order valence-corrected chi connectivity index (χ1v) is 9.18. The average molecular weight is 412 g/mol. The Morgan fingerprint density at radius 2 is 1.58 bits per heavy atom. The van der Waals surface area contributed by atoms with Crippen molar-refractivity contribution in [1.82, 2.24) is 0 Å². The van der Waals surface area contributed by atoms with Crippen LogP contribution in [0.3, 0.4) is 0 Å². The summed E-state index contributed by atoms with van der Waals surface area (Å²) in [6.07, 6.45) is 0.308. The molecule has 26 heavy (non-hydrogen) atoms. The van der Waals surface area contributed by atoms with Crippen LogP contribution in [0.1, 0.15) is 33.9 Å². The number of nitrogens with one attached hydrogen (secondary N) is 1. The Kier molecular flexibility index (Phi) is 5.84. The highest BCUT2D eigenvalue weighted by atomic mass is 79.9. The molecule has 0 bridgehead atoms. The molecule has 0 aliphatic heterocycles. The van der Waals surface area contributed by atoms with Gasteiger partial charge in [-0.3, -0.25) is 4.79 Å². The molecular weight excluding hydrogens is 393 g/mol. The van der Waals surface area contributed by atoms with Crippen molar-refractivity contribution >= 4 is 27.4 Å². The summed E-state index contributed by atoms with van der Waals surface area (Å²) in [7, 11) is 0. The zero-order valence-corrected chi connectivity index (χ0v) is 16.0. The normalized spacial score (nSPS) is 11.8. The van der Waals surface area contributed by atoms with Crippen molar-refractivity contribution in [3.63, 3.8) is 0 Å². The lowest BCUT2D eigenvalue weighted by atomic mass is 9.97. The van der Waals surface area contributed by atoms with Crippen LogP contribution < -0.4 is 5.32 Å². The number of Topliss-reactive ketones (excluding diaryl/α,β-unsaturated/α-hetero) is 1. The number of carbonyl (C=O) groups excluding carboxylic acids is 1. The minimum atomic E-state index is -0.284. The van der Waals surface area contributed by atoms with Gasteiger partial charge >= 0.3 is 0 Å². The van der Waals surface area contributed by atoms with Gasteiger partial charge in [-0.2, -0.15) is 0 Å². The Hall–Kier alpha value is -2.46. The molecule has 0 heterocycles. The molecule has 0 spiro atoms. The van der Waals surface area contributed by atoms with Crippen molar-refractivity contribution in [2.24, 2.45) is 0 Å². The quantitative estimate of drug-likeness (QED) is 0.480. The monoisotopic (exact) mass is 411 g/mol. The molecular formula is C22H19BrFNO. The van der Waals surface area contributed by atoms with Crippen LogP contribution in [0.4, 0.5) is 10.1 Å². The van der Waals surface area contributed by atoms with E-state index in [9.17, 15) is 9.18 Å². The lowest BCUT2D eigenvalue weighted by Gasteiger charge is -2.20. The summed E-state index contributed by atoms with van der Waals surface area (Å²) < 4.78 is 14.1. The van der Waals surface area contributed by atoms with E-state index >= 15 is 0 Å². The molecule has 3 aromatic rings. The Morgan fingerprint density at radius 1 is 0.962 bits per heavy atom. The minimum Gasteiger partial charge on any atom is -0.378 e. The number of carbonyl (C=O) groups is 1. The molecule has 1 unspecified atom stereocenters. The second kappa shape index (κ2) is 8.28. The van der Waals surface area contributed by atoms with Gasteiger partial charge in [0.25, 0.3) is 0 Å². The predicted molar refractivity (Wildman–Crippen MR) is 107 cm³/mol. The molecule has 3 rings (SSSR count). The van der Waals surface area contributed by atoms with Crippen LogP contribution in [0.25, 0.3) is 0 Å². The standard InChI is InChI=1S/C22H19BrFNO/c1-15-2-4-16(5-3-15)21(25-20-12-10-19(24)11-13-20)14-22(26)17-6-8-18(23)9-7-17/h2-13,21,25H,14H2,1H3. The number of ketones is 1. The Labute approximate surface area is 161 Å². The van der Waals surface area contributed by atoms with Crippen LogP contribution in [0.5, 0.6) is 0 Å². The van der Waals surface area contributed by atoms with Gasteiger partial charge in [0.1, 0.15) is 5.82 Å². The van der Waals surface area contributed by atoms with Crippen molar-refractivity contribution < 1.29 is 9.18 Å². The van der Waals surface area contributed by atoms with E-state index in [0.717, 1.165) is 21.3 Å². The molecule has 0 radical (unpaired) electrons. The van der Waals surface area contributed by atoms with Crippen LogP contribution in [0.15, 0.2) is 77.3 Å². The summed E-state index contributed by atoms with van der Waals surface area (Å²) in [5, 5.41) is 3.36. The molecule has 3 aromatic carbocycles. The molecule has 0 saturated carbocycles. The molecule has 1 N–H and O–H groups in total. The number of hydrogen-bond acceptors (Lipinski definition) is 2. The lowest BCUT2D eigenvalue weighted by molar-refractivity contribution is 0.0976. The van der Waals surface area contributed by atoms with Gasteiger partial charge in [-0.25, -0.2) is 4.39 Å². The van der Waals surface area contributed by atoms with E-state index in [1.807, 2.05) is 55.5 Å². The number of aryl methyl sites for hydroxylation is 1. The van der Waals surface area contributed by atoms with Gasteiger partial charge in [0.05, 0.1) is 6.04 Å². The molecule has 0 aliphatic rings. The fourth-order valence-electron chi connectivity index (χ4n) is 2.74. The summed E-state index contributed by atoms with van der Waals surface area (Å²) in [6.45, 7) is 2.03. The van der Waals surface area contributed by atoms with Gasteiger partial charge in [-0.05, 0) is 48.9 Å². The van der Waals surface area contributed by atoms with Crippen LogP contribution in [0, 0.1) is 12.7 Å². The van der Waals surface area contributed by atoms with Gasteiger partial charge in [0, 0.05) is 22.1 Å². The van der Waals surface area contributed by atoms with Crippen LogP contribution in [0.2, 0.25) is 0 Å². The van der Waals surface area contributed by atoms with Crippen LogP contribution in [-0.4, -0.2) is 5.78 Å². The zero-order chi connectivity index (χ0) is 18.5. The highest BCUT2D eigenvalue weighted by Gasteiger charge is 2.17. The first-order chi connectivity index (χ1) is 12.5. The largest absolute Gasteiger partial charge is 0.378 e. The maximum Gasteiger partial charge on any atom is 0.165 e. The summed E-state index contributed by atoms with van der Waals surface area (Å²) in [4.78, 5) is 12.7. The molecule has 132 valence electrons.